The first kappa shape index (κ1) is 13.4. The van der Waals surface area contributed by atoms with Gasteiger partial charge in [-0.1, -0.05) is 38.5 Å². The van der Waals surface area contributed by atoms with E-state index in [1.54, 1.807) is 0 Å². The lowest BCUT2D eigenvalue weighted by Crippen LogP contribution is -2.48. The summed E-state index contributed by atoms with van der Waals surface area (Å²) >= 11 is 0. The zero-order valence-corrected chi connectivity index (χ0v) is 11.5. The van der Waals surface area contributed by atoms with Gasteiger partial charge in [-0.2, -0.15) is 0 Å². The maximum absolute atomic E-state index is 6.30. The summed E-state index contributed by atoms with van der Waals surface area (Å²) in [4.78, 5) is 0. The van der Waals surface area contributed by atoms with Gasteiger partial charge in [0.05, 0.1) is 0 Å². The lowest BCUT2D eigenvalue weighted by atomic mass is 9.82. The SMILES string of the molecule is CC1(NCC2CCCCCC2N)CCCCC1. The first-order valence-electron chi connectivity index (χ1n) is 7.70. The zero-order chi connectivity index (χ0) is 12.1. The average Bonchev–Trinajstić information content (AvgIpc) is 2.53. The first-order valence-corrected chi connectivity index (χ1v) is 7.70. The van der Waals surface area contributed by atoms with Crippen LogP contribution in [0, 0.1) is 5.92 Å². The molecule has 2 atom stereocenters. The van der Waals surface area contributed by atoms with Gasteiger partial charge in [-0.15, -0.1) is 0 Å². The van der Waals surface area contributed by atoms with Crippen molar-refractivity contribution in [2.45, 2.75) is 82.7 Å². The molecule has 100 valence electrons. The van der Waals surface area contributed by atoms with Gasteiger partial charge in [-0.25, -0.2) is 0 Å². The molecule has 3 N–H and O–H groups in total. The van der Waals surface area contributed by atoms with Crippen LogP contribution in [0.5, 0.6) is 0 Å². The van der Waals surface area contributed by atoms with Gasteiger partial charge in [-0.05, 0) is 45.1 Å². The second-order valence-corrected chi connectivity index (χ2v) is 6.56. The van der Waals surface area contributed by atoms with Gasteiger partial charge in [-0.3, -0.25) is 0 Å². The molecule has 0 aromatic carbocycles. The van der Waals surface area contributed by atoms with Crippen LogP contribution in [-0.4, -0.2) is 18.1 Å². The van der Waals surface area contributed by atoms with Crippen molar-refractivity contribution in [3.8, 4) is 0 Å². The molecule has 2 aliphatic carbocycles. The van der Waals surface area contributed by atoms with Crippen molar-refractivity contribution in [2.24, 2.45) is 11.7 Å². The van der Waals surface area contributed by atoms with E-state index in [9.17, 15) is 0 Å². The van der Waals surface area contributed by atoms with E-state index in [1.165, 1.54) is 64.2 Å². The Balaban J connectivity index is 1.79. The van der Waals surface area contributed by atoms with Crippen LogP contribution in [-0.2, 0) is 0 Å². The number of nitrogens with two attached hydrogens (primary N) is 1. The molecular formula is C15H30N2. The van der Waals surface area contributed by atoms with Crippen LogP contribution in [0.1, 0.15) is 71.1 Å². The van der Waals surface area contributed by atoms with Gasteiger partial charge in [0.15, 0.2) is 0 Å². The fourth-order valence-corrected chi connectivity index (χ4v) is 3.55. The molecule has 2 heteroatoms. The predicted octanol–water partition coefficient (Wildman–Crippen LogP) is 3.21. The van der Waals surface area contributed by atoms with Crippen LogP contribution in [0.2, 0.25) is 0 Å². The van der Waals surface area contributed by atoms with Crippen LogP contribution in [0.4, 0.5) is 0 Å². The van der Waals surface area contributed by atoms with Gasteiger partial charge in [0.25, 0.3) is 0 Å². The molecule has 0 saturated heterocycles. The molecule has 0 spiro atoms. The zero-order valence-electron chi connectivity index (χ0n) is 11.5. The Hall–Kier alpha value is -0.0800. The third-order valence-corrected chi connectivity index (χ3v) is 4.97. The molecule has 2 unspecified atom stereocenters. The van der Waals surface area contributed by atoms with Crippen LogP contribution >= 0.6 is 0 Å². The molecule has 2 saturated carbocycles. The van der Waals surface area contributed by atoms with Crippen molar-refractivity contribution in [2.75, 3.05) is 6.54 Å². The second kappa shape index (κ2) is 6.19. The van der Waals surface area contributed by atoms with E-state index < -0.39 is 0 Å². The van der Waals surface area contributed by atoms with Crippen molar-refractivity contribution in [3.63, 3.8) is 0 Å². The highest BCUT2D eigenvalue weighted by molar-refractivity contribution is 4.88. The summed E-state index contributed by atoms with van der Waals surface area (Å²) < 4.78 is 0. The Morgan fingerprint density at radius 2 is 1.65 bits per heavy atom. The topological polar surface area (TPSA) is 38.0 Å². The summed E-state index contributed by atoms with van der Waals surface area (Å²) in [5, 5.41) is 3.85. The predicted molar refractivity (Wildman–Crippen MR) is 74.0 cm³/mol. The summed E-state index contributed by atoms with van der Waals surface area (Å²) in [6.07, 6.45) is 13.6. The summed E-state index contributed by atoms with van der Waals surface area (Å²) in [5.74, 6) is 0.719. The van der Waals surface area contributed by atoms with E-state index in [2.05, 4.69) is 12.2 Å². The highest BCUT2D eigenvalue weighted by Gasteiger charge is 2.28. The smallest absolute Gasteiger partial charge is 0.0153 e. The standard InChI is InChI=1S/C15H30N2/c1-15(10-6-3-7-11-15)17-12-13-8-4-2-5-9-14(13)16/h13-14,17H,2-12,16H2,1H3. The van der Waals surface area contributed by atoms with Crippen molar-refractivity contribution >= 4 is 0 Å². The Morgan fingerprint density at radius 3 is 2.41 bits per heavy atom. The molecule has 17 heavy (non-hydrogen) atoms. The molecule has 0 aromatic rings. The third-order valence-electron chi connectivity index (χ3n) is 4.97. The Kier molecular flexibility index (Phi) is 4.87. The van der Waals surface area contributed by atoms with E-state index in [4.69, 9.17) is 5.73 Å². The van der Waals surface area contributed by atoms with Crippen LogP contribution in [0.3, 0.4) is 0 Å². The highest BCUT2D eigenvalue weighted by Crippen LogP contribution is 2.29. The lowest BCUT2D eigenvalue weighted by molar-refractivity contribution is 0.229. The molecule has 2 rings (SSSR count). The maximum Gasteiger partial charge on any atom is 0.0153 e. The summed E-state index contributed by atoms with van der Waals surface area (Å²) in [5.41, 5.74) is 6.70. The normalized spacial score (nSPS) is 34.2. The van der Waals surface area contributed by atoms with E-state index in [-0.39, 0.29) is 0 Å². The molecule has 0 bridgehead atoms. The number of rotatable bonds is 3. The first-order chi connectivity index (χ1) is 8.20. The van der Waals surface area contributed by atoms with Crippen molar-refractivity contribution in [1.82, 2.24) is 5.32 Å². The van der Waals surface area contributed by atoms with Crippen molar-refractivity contribution < 1.29 is 0 Å². The minimum absolute atomic E-state index is 0.407. The van der Waals surface area contributed by atoms with E-state index in [0.29, 0.717) is 11.6 Å². The van der Waals surface area contributed by atoms with Crippen LogP contribution in [0.15, 0.2) is 0 Å². The van der Waals surface area contributed by atoms with Gasteiger partial charge in [0.2, 0.25) is 0 Å². The van der Waals surface area contributed by atoms with Gasteiger partial charge >= 0.3 is 0 Å². The molecule has 0 heterocycles. The molecule has 0 radical (unpaired) electrons. The molecule has 2 fully saturated rings. The summed E-state index contributed by atoms with van der Waals surface area (Å²) in [7, 11) is 0. The Bertz CT molecular complexity index is 221. The molecule has 0 amide bonds. The number of hydrogen-bond acceptors (Lipinski definition) is 2. The maximum atomic E-state index is 6.30. The molecule has 0 aromatic heterocycles. The second-order valence-electron chi connectivity index (χ2n) is 6.56. The third kappa shape index (κ3) is 3.96. The van der Waals surface area contributed by atoms with Crippen LogP contribution < -0.4 is 11.1 Å². The largest absolute Gasteiger partial charge is 0.327 e. The van der Waals surface area contributed by atoms with Crippen molar-refractivity contribution in [3.05, 3.63) is 0 Å². The summed E-state index contributed by atoms with van der Waals surface area (Å²) in [6, 6.07) is 0.442. The van der Waals surface area contributed by atoms with Gasteiger partial charge in [0.1, 0.15) is 0 Å². The van der Waals surface area contributed by atoms with Gasteiger partial charge < -0.3 is 11.1 Å². The fraction of sp³-hybridized carbons (Fsp3) is 1.00. The van der Waals surface area contributed by atoms with E-state index in [1.807, 2.05) is 0 Å². The Labute approximate surface area is 107 Å². The van der Waals surface area contributed by atoms with Crippen molar-refractivity contribution in [1.29, 1.82) is 0 Å². The van der Waals surface area contributed by atoms with Crippen LogP contribution in [0.25, 0.3) is 0 Å². The Morgan fingerprint density at radius 1 is 1.00 bits per heavy atom. The minimum atomic E-state index is 0.407. The molecular weight excluding hydrogens is 208 g/mol. The molecule has 0 aliphatic heterocycles. The number of hydrogen-bond donors (Lipinski definition) is 2. The molecule has 2 aliphatic rings. The van der Waals surface area contributed by atoms with E-state index in [0.717, 1.165) is 12.5 Å². The minimum Gasteiger partial charge on any atom is -0.327 e. The quantitative estimate of drug-likeness (QED) is 0.741. The van der Waals surface area contributed by atoms with Gasteiger partial charge in [0, 0.05) is 11.6 Å². The molecule has 2 nitrogen and oxygen atoms in total. The average molecular weight is 238 g/mol. The lowest BCUT2D eigenvalue weighted by Gasteiger charge is -2.37. The van der Waals surface area contributed by atoms with E-state index >= 15 is 0 Å². The fourth-order valence-electron chi connectivity index (χ4n) is 3.55. The summed E-state index contributed by atoms with van der Waals surface area (Å²) in [6.45, 7) is 3.56. The monoisotopic (exact) mass is 238 g/mol. The number of nitrogens with one attached hydrogen (secondary N) is 1. The highest BCUT2D eigenvalue weighted by atomic mass is 15.0.